The summed E-state index contributed by atoms with van der Waals surface area (Å²) in [6, 6.07) is 17.0. The third-order valence-electron chi connectivity index (χ3n) is 6.70. The average Bonchev–Trinajstić information content (AvgIpc) is 3.19. The van der Waals surface area contributed by atoms with Gasteiger partial charge in [-0.15, -0.1) is 0 Å². The lowest BCUT2D eigenvalue weighted by molar-refractivity contribution is 0.278. The fourth-order valence-corrected chi connectivity index (χ4v) is 6.39. The minimum absolute atomic E-state index is 0.0665. The summed E-state index contributed by atoms with van der Waals surface area (Å²) in [4.78, 5) is 10.0. The number of halogens is 1. The maximum atomic E-state index is 13.3. The van der Waals surface area contributed by atoms with E-state index in [2.05, 4.69) is 4.57 Å². The van der Waals surface area contributed by atoms with Gasteiger partial charge in [0, 0.05) is 30.4 Å². The molecule has 0 aliphatic carbocycles. The summed E-state index contributed by atoms with van der Waals surface area (Å²) in [5.74, 6) is 0.772. The maximum absolute atomic E-state index is 13.3. The standard InChI is InChI=1S/C26H27ClN4O2S/c1-17-8-10-21(16-18(17)2)34(32,33)30-14-12-20(13-15-30)31-25(22-6-4-5-7-23(22)27)29-24-11-9-19(3)28-26(24)31/h4-11,16,20H,12-15H2,1-3H3. The number of pyridine rings is 1. The van der Waals surface area contributed by atoms with Crippen molar-refractivity contribution in [3.05, 3.63) is 76.4 Å². The number of hydrogen-bond donors (Lipinski definition) is 0. The molecule has 0 bridgehead atoms. The lowest BCUT2D eigenvalue weighted by Gasteiger charge is -2.33. The third-order valence-corrected chi connectivity index (χ3v) is 8.92. The van der Waals surface area contributed by atoms with Crippen LogP contribution in [0.15, 0.2) is 59.5 Å². The van der Waals surface area contributed by atoms with E-state index in [1.54, 1.807) is 16.4 Å². The van der Waals surface area contributed by atoms with Crippen LogP contribution in [0, 0.1) is 20.8 Å². The third kappa shape index (κ3) is 4.02. The highest BCUT2D eigenvalue weighted by Crippen LogP contribution is 2.36. The topological polar surface area (TPSA) is 68.1 Å². The molecule has 0 unspecified atom stereocenters. The Morgan fingerprint density at radius 3 is 2.35 bits per heavy atom. The molecule has 0 saturated carbocycles. The molecule has 0 N–H and O–H groups in total. The predicted molar refractivity (Wildman–Crippen MR) is 136 cm³/mol. The van der Waals surface area contributed by atoms with E-state index in [9.17, 15) is 8.42 Å². The molecule has 2 aromatic heterocycles. The van der Waals surface area contributed by atoms with Crippen molar-refractivity contribution in [1.82, 2.24) is 18.8 Å². The fraction of sp³-hybridized carbons (Fsp3) is 0.308. The molecule has 1 aliphatic heterocycles. The van der Waals surface area contributed by atoms with Crippen LogP contribution in [0.3, 0.4) is 0 Å². The Morgan fingerprint density at radius 1 is 0.912 bits per heavy atom. The van der Waals surface area contributed by atoms with Gasteiger partial charge in [-0.2, -0.15) is 4.31 Å². The Kier molecular flexibility index (Phi) is 5.96. The van der Waals surface area contributed by atoms with Crippen molar-refractivity contribution in [2.75, 3.05) is 13.1 Å². The Hall–Kier alpha value is -2.74. The van der Waals surface area contributed by atoms with Crippen LogP contribution in [-0.4, -0.2) is 40.3 Å². The van der Waals surface area contributed by atoms with E-state index in [0.29, 0.717) is 35.8 Å². The van der Waals surface area contributed by atoms with Gasteiger partial charge in [-0.1, -0.05) is 29.8 Å². The summed E-state index contributed by atoms with van der Waals surface area (Å²) in [7, 11) is -3.54. The summed E-state index contributed by atoms with van der Waals surface area (Å²) in [6.07, 6.45) is 1.34. The Morgan fingerprint density at radius 2 is 1.65 bits per heavy atom. The van der Waals surface area contributed by atoms with E-state index >= 15 is 0 Å². The first-order valence-corrected chi connectivity index (χ1v) is 13.3. The van der Waals surface area contributed by atoms with E-state index < -0.39 is 10.0 Å². The van der Waals surface area contributed by atoms with Crippen molar-refractivity contribution in [3.8, 4) is 11.4 Å². The van der Waals surface area contributed by atoms with Gasteiger partial charge < -0.3 is 4.57 Å². The van der Waals surface area contributed by atoms with Crippen LogP contribution in [0.2, 0.25) is 5.02 Å². The summed E-state index contributed by atoms with van der Waals surface area (Å²) >= 11 is 6.54. The molecule has 0 amide bonds. The number of fused-ring (bicyclic) bond motifs is 1. The second-order valence-corrected chi connectivity index (χ2v) is 11.3. The van der Waals surface area contributed by atoms with Gasteiger partial charge in [0.1, 0.15) is 11.3 Å². The zero-order valence-corrected chi connectivity index (χ0v) is 21.1. The smallest absolute Gasteiger partial charge is 0.243 e. The molecule has 3 heterocycles. The van der Waals surface area contributed by atoms with Crippen molar-refractivity contribution in [3.63, 3.8) is 0 Å². The van der Waals surface area contributed by atoms with E-state index in [1.165, 1.54) is 0 Å². The molecule has 176 valence electrons. The molecule has 2 aromatic carbocycles. The van der Waals surface area contributed by atoms with Crippen molar-refractivity contribution in [2.24, 2.45) is 0 Å². The minimum atomic E-state index is -3.54. The van der Waals surface area contributed by atoms with Gasteiger partial charge in [-0.3, -0.25) is 0 Å². The molecule has 0 radical (unpaired) electrons. The Balaban J connectivity index is 1.49. The summed E-state index contributed by atoms with van der Waals surface area (Å²) in [5, 5.41) is 0.630. The largest absolute Gasteiger partial charge is 0.305 e. The Labute approximate surface area is 205 Å². The van der Waals surface area contributed by atoms with E-state index in [-0.39, 0.29) is 6.04 Å². The van der Waals surface area contributed by atoms with Gasteiger partial charge in [0.2, 0.25) is 10.0 Å². The molecule has 4 aromatic rings. The normalized spacial score (nSPS) is 15.8. The minimum Gasteiger partial charge on any atom is -0.305 e. The summed E-state index contributed by atoms with van der Waals surface area (Å²) in [6.45, 7) is 6.76. The lowest BCUT2D eigenvalue weighted by atomic mass is 10.1. The molecule has 8 heteroatoms. The number of rotatable bonds is 4. The molecule has 6 nitrogen and oxygen atoms in total. The SMILES string of the molecule is Cc1ccc2nc(-c3ccccc3Cl)n(C3CCN(S(=O)(=O)c4ccc(C)c(C)c4)CC3)c2n1. The first-order chi connectivity index (χ1) is 16.3. The monoisotopic (exact) mass is 494 g/mol. The van der Waals surface area contributed by atoms with Gasteiger partial charge in [-0.05, 0) is 81.1 Å². The number of piperidine rings is 1. The van der Waals surface area contributed by atoms with Crippen LogP contribution in [0.4, 0.5) is 0 Å². The molecular weight excluding hydrogens is 468 g/mol. The number of aryl methyl sites for hydroxylation is 3. The van der Waals surface area contributed by atoms with Gasteiger partial charge in [-0.25, -0.2) is 18.4 Å². The Bertz CT molecular complexity index is 1490. The van der Waals surface area contributed by atoms with Crippen LogP contribution < -0.4 is 0 Å². The summed E-state index contributed by atoms with van der Waals surface area (Å²) in [5.41, 5.74) is 5.45. The van der Waals surface area contributed by atoms with Crippen LogP contribution in [-0.2, 0) is 10.0 Å². The number of hydrogen-bond acceptors (Lipinski definition) is 4. The second-order valence-electron chi connectivity index (χ2n) is 8.96. The molecule has 0 spiro atoms. The lowest BCUT2D eigenvalue weighted by Crippen LogP contribution is -2.39. The van der Waals surface area contributed by atoms with Crippen LogP contribution in [0.1, 0.15) is 35.7 Å². The highest BCUT2D eigenvalue weighted by Gasteiger charge is 2.32. The number of benzene rings is 2. The number of imidazole rings is 1. The number of sulfonamides is 1. The molecule has 1 fully saturated rings. The van der Waals surface area contributed by atoms with E-state index in [1.807, 2.05) is 63.2 Å². The van der Waals surface area contributed by atoms with Gasteiger partial charge in [0.15, 0.2) is 5.65 Å². The van der Waals surface area contributed by atoms with Gasteiger partial charge in [0.25, 0.3) is 0 Å². The molecular formula is C26H27ClN4O2S. The first kappa shape index (κ1) is 23.0. The van der Waals surface area contributed by atoms with Crippen molar-refractivity contribution in [2.45, 2.75) is 44.6 Å². The maximum Gasteiger partial charge on any atom is 0.243 e. The number of nitrogens with zero attached hydrogens (tertiary/aromatic N) is 4. The first-order valence-electron chi connectivity index (χ1n) is 11.4. The molecule has 1 aliphatic rings. The highest BCUT2D eigenvalue weighted by molar-refractivity contribution is 7.89. The molecule has 0 atom stereocenters. The van der Waals surface area contributed by atoms with Crippen LogP contribution in [0.5, 0.6) is 0 Å². The van der Waals surface area contributed by atoms with Gasteiger partial charge >= 0.3 is 0 Å². The van der Waals surface area contributed by atoms with Crippen molar-refractivity contribution in [1.29, 1.82) is 0 Å². The molecule has 1 saturated heterocycles. The number of aromatic nitrogens is 3. The van der Waals surface area contributed by atoms with E-state index in [0.717, 1.165) is 39.4 Å². The zero-order valence-electron chi connectivity index (χ0n) is 19.5. The predicted octanol–water partition coefficient (Wildman–Crippen LogP) is 5.70. The quantitative estimate of drug-likeness (QED) is 0.365. The molecule has 5 rings (SSSR count). The van der Waals surface area contributed by atoms with Crippen molar-refractivity contribution < 1.29 is 8.42 Å². The second kappa shape index (κ2) is 8.80. The molecule has 34 heavy (non-hydrogen) atoms. The zero-order chi connectivity index (χ0) is 24.0. The highest BCUT2D eigenvalue weighted by atomic mass is 35.5. The van der Waals surface area contributed by atoms with Crippen molar-refractivity contribution >= 4 is 32.8 Å². The summed E-state index contributed by atoms with van der Waals surface area (Å²) < 4.78 is 30.4. The van der Waals surface area contributed by atoms with Crippen LogP contribution >= 0.6 is 11.6 Å². The van der Waals surface area contributed by atoms with Crippen LogP contribution in [0.25, 0.3) is 22.6 Å². The average molecular weight is 495 g/mol. The fourth-order valence-electron chi connectivity index (χ4n) is 4.61. The van der Waals surface area contributed by atoms with E-state index in [4.69, 9.17) is 21.6 Å². The van der Waals surface area contributed by atoms with Gasteiger partial charge in [0.05, 0.1) is 9.92 Å².